The second-order valence-corrected chi connectivity index (χ2v) is 7.78. The van der Waals surface area contributed by atoms with Crippen molar-refractivity contribution < 1.29 is 9.53 Å². The summed E-state index contributed by atoms with van der Waals surface area (Å²) in [5.41, 5.74) is 0.742. The molecule has 0 bridgehead atoms. The van der Waals surface area contributed by atoms with Crippen LogP contribution in [0.2, 0.25) is 0 Å². The molecule has 0 radical (unpaired) electrons. The number of nitrogens with zero attached hydrogens (tertiary/aromatic N) is 3. The zero-order chi connectivity index (χ0) is 17.1. The van der Waals surface area contributed by atoms with Crippen LogP contribution in [-0.4, -0.2) is 28.1 Å². The Labute approximate surface area is 151 Å². The van der Waals surface area contributed by atoms with Crippen LogP contribution in [0.5, 0.6) is 0 Å². The smallest absolute Gasteiger partial charge is 0.275 e. The summed E-state index contributed by atoms with van der Waals surface area (Å²) in [5.74, 6) is -0.0584. The van der Waals surface area contributed by atoms with Gasteiger partial charge in [0.2, 0.25) is 0 Å². The highest BCUT2D eigenvalue weighted by Gasteiger charge is 2.23. The van der Waals surface area contributed by atoms with E-state index >= 15 is 0 Å². The molecule has 2 fully saturated rings. The summed E-state index contributed by atoms with van der Waals surface area (Å²) in [7, 11) is 0. The van der Waals surface area contributed by atoms with Gasteiger partial charge < -0.3 is 4.74 Å². The summed E-state index contributed by atoms with van der Waals surface area (Å²) >= 11 is 1.44. The van der Waals surface area contributed by atoms with Crippen LogP contribution in [-0.2, 0) is 4.74 Å². The first-order chi connectivity index (χ1) is 12.3. The lowest BCUT2D eigenvalue weighted by molar-refractivity contribution is 0.0958. The number of hydrogen-bond donors (Lipinski definition) is 0. The lowest BCUT2D eigenvalue weighted by Crippen LogP contribution is -2.28. The number of carbonyl (C=O) groups is 1. The summed E-state index contributed by atoms with van der Waals surface area (Å²) < 4.78 is 7.33. The van der Waals surface area contributed by atoms with E-state index in [-0.39, 0.29) is 12.0 Å². The summed E-state index contributed by atoms with van der Waals surface area (Å²) in [6.07, 6.45) is 11.6. The molecule has 5 nitrogen and oxygen atoms in total. The molecular weight excluding hydrogens is 334 g/mol. The predicted molar refractivity (Wildman–Crippen MR) is 96.6 cm³/mol. The molecule has 1 aliphatic carbocycles. The molecule has 0 spiro atoms. The quantitative estimate of drug-likeness (QED) is 0.841. The van der Waals surface area contributed by atoms with E-state index in [0.29, 0.717) is 10.9 Å². The monoisotopic (exact) mass is 357 g/mol. The molecule has 0 amide bonds. The second-order valence-electron chi connectivity index (χ2n) is 6.72. The normalized spacial score (nSPS) is 22.4. The van der Waals surface area contributed by atoms with Crippen LogP contribution >= 0.6 is 11.3 Å². The molecule has 6 heteroatoms. The maximum Gasteiger partial charge on any atom is 0.275 e. The maximum atomic E-state index is 13.0. The summed E-state index contributed by atoms with van der Waals surface area (Å²) in [5, 5.41) is 0.906. The van der Waals surface area contributed by atoms with Gasteiger partial charge in [0.05, 0.1) is 12.2 Å². The van der Waals surface area contributed by atoms with E-state index in [4.69, 9.17) is 9.73 Å². The van der Waals surface area contributed by atoms with Crippen molar-refractivity contribution in [1.82, 2.24) is 9.55 Å². The third kappa shape index (κ3) is 3.75. The molecule has 1 aliphatic heterocycles. The first-order valence-corrected chi connectivity index (χ1v) is 9.96. The summed E-state index contributed by atoms with van der Waals surface area (Å²) in [4.78, 5) is 22.9. The third-order valence-corrected chi connectivity index (χ3v) is 5.96. The highest BCUT2D eigenvalue weighted by atomic mass is 32.1. The third-order valence-electron chi connectivity index (χ3n) is 4.89. The Hall–Kier alpha value is -1.79. The minimum absolute atomic E-state index is 0.0544. The van der Waals surface area contributed by atoms with Crippen LogP contribution < -0.4 is 5.49 Å². The van der Waals surface area contributed by atoms with Crippen LogP contribution in [0.1, 0.15) is 65.7 Å². The van der Waals surface area contributed by atoms with Gasteiger partial charge >= 0.3 is 0 Å². The van der Waals surface area contributed by atoms with Crippen molar-refractivity contribution >= 4 is 17.2 Å². The molecule has 2 aromatic heterocycles. The minimum Gasteiger partial charge on any atom is -0.371 e. The highest BCUT2D eigenvalue weighted by molar-refractivity contribution is 7.13. The number of ether oxygens (including phenoxy) is 1. The summed E-state index contributed by atoms with van der Waals surface area (Å²) in [6.45, 7) is 0.783. The minimum atomic E-state index is -0.0584. The largest absolute Gasteiger partial charge is 0.371 e. The van der Waals surface area contributed by atoms with E-state index in [1.807, 2.05) is 18.2 Å². The van der Waals surface area contributed by atoms with Crippen molar-refractivity contribution in [1.29, 1.82) is 0 Å². The molecule has 0 aromatic carbocycles. The van der Waals surface area contributed by atoms with Gasteiger partial charge in [-0.1, -0.05) is 25.3 Å². The Morgan fingerprint density at radius 3 is 2.88 bits per heavy atom. The molecule has 1 unspecified atom stereocenters. The van der Waals surface area contributed by atoms with E-state index in [2.05, 4.69) is 4.98 Å². The average Bonchev–Trinajstić information content (AvgIpc) is 3.34. The van der Waals surface area contributed by atoms with Crippen LogP contribution in [0, 0.1) is 0 Å². The number of thiazole rings is 1. The van der Waals surface area contributed by atoms with Crippen LogP contribution in [0.3, 0.4) is 0 Å². The molecule has 132 valence electrons. The fraction of sp³-hybridized carbons (Fsp3) is 0.526. The Morgan fingerprint density at radius 2 is 2.08 bits per heavy atom. The van der Waals surface area contributed by atoms with Crippen LogP contribution in [0.25, 0.3) is 0 Å². The maximum absolute atomic E-state index is 13.0. The topological polar surface area (TPSA) is 56.5 Å². The van der Waals surface area contributed by atoms with Crippen molar-refractivity contribution in [3.8, 4) is 0 Å². The standard InChI is InChI=1S/C19H23N3O2S/c23-19(16-13-20-18(25-16)15-9-6-12-24-15)22-11-5-4-10-17(22)21-14-7-2-1-3-8-14/h4-5,10-11,13-15H,1-3,6-9,12H2. The molecule has 2 aliphatic rings. The Kier molecular flexibility index (Phi) is 5.08. The predicted octanol–water partition coefficient (Wildman–Crippen LogP) is 3.72. The van der Waals surface area contributed by atoms with Gasteiger partial charge in [0.1, 0.15) is 21.5 Å². The number of carbonyl (C=O) groups excluding carboxylic acids is 1. The van der Waals surface area contributed by atoms with Crippen LogP contribution in [0.15, 0.2) is 35.6 Å². The van der Waals surface area contributed by atoms with Crippen molar-refractivity contribution in [3.05, 3.63) is 46.0 Å². The van der Waals surface area contributed by atoms with Gasteiger partial charge in [0.15, 0.2) is 0 Å². The van der Waals surface area contributed by atoms with E-state index in [1.54, 1.807) is 17.0 Å². The Bertz CT molecular complexity index is 799. The van der Waals surface area contributed by atoms with Gasteiger partial charge in [-0.3, -0.25) is 14.4 Å². The van der Waals surface area contributed by atoms with Gasteiger partial charge in [0, 0.05) is 12.8 Å². The lowest BCUT2D eigenvalue weighted by atomic mass is 9.96. The van der Waals surface area contributed by atoms with E-state index in [0.717, 1.165) is 42.8 Å². The van der Waals surface area contributed by atoms with Gasteiger partial charge in [-0.25, -0.2) is 4.98 Å². The zero-order valence-corrected chi connectivity index (χ0v) is 15.1. The van der Waals surface area contributed by atoms with Crippen molar-refractivity contribution in [2.75, 3.05) is 6.61 Å². The number of rotatable bonds is 3. The van der Waals surface area contributed by atoms with E-state index in [9.17, 15) is 4.79 Å². The molecule has 1 saturated carbocycles. The lowest BCUT2D eigenvalue weighted by Gasteiger charge is -2.17. The van der Waals surface area contributed by atoms with Crippen molar-refractivity contribution in [3.63, 3.8) is 0 Å². The molecule has 3 heterocycles. The molecule has 25 heavy (non-hydrogen) atoms. The van der Waals surface area contributed by atoms with Crippen molar-refractivity contribution in [2.45, 2.75) is 57.1 Å². The molecule has 1 atom stereocenters. The summed E-state index contributed by atoms with van der Waals surface area (Å²) in [6, 6.07) is 6.07. The molecule has 1 saturated heterocycles. The first kappa shape index (κ1) is 16.7. The average molecular weight is 357 g/mol. The first-order valence-electron chi connectivity index (χ1n) is 9.15. The van der Waals surface area contributed by atoms with Crippen molar-refractivity contribution in [2.24, 2.45) is 4.99 Å². The Morgan fingerprint density at radius 1 is 1.20 bits per heavy atom. The SMILES string of the molecule is O=C(c1cnc(C2CCCO2)s1)n1ccccc1=NC1CCCCC1. The molecular formula is C19H23N3O2S. The molecule has 2 aromatic rings. The zero-order valence-electron chi connectivity index (χ0n) is 14.3. The van der Waals surface area contributed by atoms with E-state index < -0.39 is 0 Å². The van der Waals surface area contributed by atoms with Gasteiger partial charge in [-0.05, 0) is 37.8 Å². The highest BCUT2D eigenvalue weighted by Crippen LogP contribution is 2.31. The number of hydrogen-bond acceptors (Lipinski definition) is 5. The van der Waals surface area contributed by atoms with Gasteiger partial charge in [0.25, 0.3) is 5.91 Å². The van der Waals surface area contributed by atoms with Gasteiger partial charge in [-0.2, -0.15) is 0 Å². The number of pyridine rings is 1. The fourth-order valence-corrected chi connectivity index (χ4v) is 4.47. The van der Waals surface area contributed by atoms with Crippen LogP contribution in [0.4, 0.5) is 0 Å². The van der Waals surface area contributed by atoms with Gasteiger partial charge in [-0.15, -0.1) is 11.3 Å². The molecule has 4 rings (SSSR count). The number of aromatic nitrogens is 2. The van der Waals surface area contributed by atoms with E-state index in [1.165, 1.54) is 30.6 Å². The fourth-order valence-electron chi connectivity index (χ4n) is 3.53. The molecule has 0 N–H and O–H groups in total. The Balaban J connectivity index is 1.61. The second kappa shape index (κ2) is 7.62.